The van der Waals surface area contributed by atoms with Crippen molar-refractivity contribution in [2.75, 3.05) is 12.4 Å². The maximum absolute atomic E-state index is 12.3. The number of nitrogens with one attached hydrogen (secondary N) is 1. The molecular formula is C19H21NO3. The molecule has 2 aromatic carbocycles. The normalized spacial score (nSPS) is 15.3. The van der Waals surface area contributed by atoms with Gasteiger partial charge in [0.05, 0.1) is 7.11 Å². The average Bonchev–Trinajstić information content (AvgIpc) is 2.54. The van der Waals surface area contributed by atoms with Crippen molar-refractivity contribution in [2.45, 2.75) is 32.3 Å². The van der Waals surface area contributed by atoms with Gasteiger partial charge in [-0.25, -0.2) is 0 Å². The summed E-state index contributed by atoms with van der Waals surface area (Å²) >= 11 is 0. The van der Waals surface area contributed by atoms with E-state index in [-0.39, 0.29) is 11.5 Å². The molecule has 120 valence electrons. The van der Waals surface area contributed by atoms with Crippen LogP contribution < -0.4 is 14.8 Å². The zero-order valence-electron chi connectivity index (χ0n) is 13.7. The van der Waals surface area contributed by atoms with E-state index in [0.29, 0.717) is 5.56 Å². The molecule has 3 rings (SSSR count). The van der Waals surface area contributed by atoms with E-state index in [1.165, 1.54) is 0 Å². The average molecular weight is 311 g/mol. The Bertz CT molecular complexity index is 720. The molecule has 2 aromatic rings. The zero-order valence-corrected chi connectivity index (χ0v) is 13.7. The number of hydrogen-bond acceptors (Lipinski definition) is 3. The van der Waals surface area contributed by atoms with E-state index in [0.717, 1.165) is 35.6 Å². The summed E-state index contributed by atoms with van der Waals surface area (Å²) in [5.74, 6) is 1.50. The van der Waals surface area contributed by atoms with Gasteiger partial charge in [0.15, 0.2) is 0 Å². The first kappa shape index (κ1) is 15.4. The first-order valence-electron chi connectivity index (χ1n) is 7.74. The number of fused-ring (bicyclic) bond motifs is 1. The Balaban J connectivity index is 1.74. The molecular weight excluding hydrogens is 290 g/mol. The number of carbonyl (C=O) groups excluding carboxylic acids is 1. The Morgan fingerprint density at radius 2 is 1.91 bits per heavy atom. The minimum absolute atomic E-state index is 0.124. The third kappa shape index (κ3) is 3.47. The molecule has 1 heterocycles. The second-order valence-corrected chi connectivity index (χ2v) is 6.37. The van der Waals surface area contributed by atoms with Crippen LogP contribution in [0.1, 0.15) is 36.2 Å². The summed E-state index contributed by atoms with van der Waals surface area (Å²) in [5.41, 5.74) is 2.39. The summed E-state index contributed by atoms with van der Waals surface area (Å²) in [7, 11) is 1.60. The molecule has 0 saturated heterocycles. The Hall–Kier alpha value is -2.49. The lowest BCUT2D eigenvalue weighted by atomic mass is 9.94. The largest absolute Gasteiger partial charge is 0.497 e. The van der Waals surface area contributed by atoms with E-state index in [9.17, 15) is 4.79 Å². The Morgan fingerprint density at radius 1 is 1.17 bits per heavy atom. The second kappa shape index (κ2) is 5.95. The van der Waals surface area contributed by atoms with Gasteiger partial charge in [0.1, 0.15) is 17.1 Å². The van der Waals surface area contributed by atoms with Gasteiger partial charge in [0, 0.05) is 11.3 Å². The van der Waals surface area contributed by atoms with Gasteiger partial charge in [-0.1, -0.05) is 0 Å². The standard InChI is InChI=1S/C19H21NO3/c1-19(2)11-10-14-12-15(6-9-17(14)23-19)20-18(21)13-4-7-16(22-3)8-5-13/h4-9,12H,10-11H2,1-3H3,(H,20,21). The van der Waals surface area contributed by atoms with Crippen LogP contribution in [0, 0.1) is 0 Å². The Morgan fingerprint density at radius 3 is 2.61 bits per heavy atom. The van der Waals surface area contributed by atoms with Gasteiger partial charge >= 0.3 is 0 Å². The molecule has 1 aliphatic heterocycles. The number of benzene rings is 2. The van der Waals surface area contributed by atoms with Crippen molar-refractivity contribution >= 4 is 11.6 Å². The minimum Gasteiger partial charge on any atom is -0.497 e. The molecule has 1 aliphatic rings. The summed E-state index contributed by atoms with van der Waals surface area (Å²) in [6, 6.07) is 12.8. The molecule has 0 bridgehead atoms. The molecule has 0 aliphatic carbocycles. The molecule has 0 fully saturated rings. The van der Waals surface area contributed by atoms with Crippen LogP contribution in [-0.4, -0.2) is 18.6 Å². The molecule has 23 heavy (non-hydrogen) atoms. The highest BCUT2D eigenvalue weighted by Crippen LogP contribution is 2.34. The maximum Gasteiger partial charge on any atom is 0.255 e. The van der Waals surface area contributed by atoms with Crippen LogP contribution in [0.2, 0.25) is 0 Å². The number of anilines is 1. The van der Waals surface area contributed by atoms with Crippen molar-refractivity contribution in [3.05, 3.63) is 53.6 Å². The van der Waals surface area contributed by atoms with E-state index >= 15 is 0 Å². The number of ether oxygens (including phenoxy) is 2. The maximum atomic E-state index is 12.3. The Kier molecular flexibility index (Phi) is 3.99. The molecule has 0 radical (unpaired) electrons. The van der Waals surface area contributed by atoms with Crippen molar-refractivity contribution < 1.29 is 14.3 Å². The lowest BCUT2D eigenvalue weighted by Crippen LogP contribution is -2.32. The summed E-state index contributed by atoms with van der Waals surface area (Å²) in [6.07, 6.45) is 1.92. The van der Waals surface area contributed by atoms with Crippen molar-refractivity contribution in [3.63, 3.8) is 0 Å². The van der Waals surface area contributed by atoms with Crippen LogP contribution >= 0.6 is 0 Å². The van der Waals surface area contributed by atoms with E-state index < -0.39 is 0 Å². The van der Waals surface area contributed by atoms with Gasteiger partial charge < -0.3 is 14.8 Å². The fourth-order valence-electron chi connectivity index (χ4n) is 2.68. The van der Waals surface area contributed by atoms with Crippen LogP contribution in [0.5, 0.6) is 11.5 Å². The fraction of sp³-hybridized carbons (Fsp3) is 0.316. The highest BCUT2D eigenvalue weighted by atomic mass is 16.5. The fourth-order valence-corrected chi connectivity index (χ4v) is 2.68. The molecule has 0 spiro atoms. The Labute approximate surface area is 136 Å². The van der Waals surface area contributed by atoms with Crippen molar-refractivity contribution in [1.29, 1.82) is 0 Å². The number of rotatable bonds is 3. The van der Waals surface area contributed by atoms with E-state index in [1.807, 2.05) is 18.2 Å². The first-order chi connectivity index (χ1) is 11.0. The van der Waals surface area contributed by atoms with Gasteiger partial charge in [-0.3, -0.25) is 4.79 Å². The highest BCUT2D eigenvalue weighted by molar-refractivity contribution is 6.04. The quantitative estimate of drug-likeness (QED) is 0.930. The van der Waals surface area contributed by atoms with E-state index in [2.05, 4.69) is 19.2 Å². The van der Waals surface area contributed by atoms with E-state index in [1.54, 1.807) is 31.4 Å². The van der Waals surface area contributed by atoms with E-state index in [4.69, 9.17) is 9.47 Å². The zero-order chi connectivity index (χ0) is 16.4. The van der Waals surface area contributed by atoms with Gasteiger partial charge in [-0.05, 0) is 74.7 Å². The van der Waals surface area contributed by atoms with Gasteiger partial charge in [0.2, 0.25) is 0 Å². The molecule has 4 nitrogen and oxygen atoms in total. The third-order valence-electron chi connectivity index (χ3n) is 4.05. The second-order valence-electron chi connectivity index (χ2n) is 6.37. The van der Waals surface area contributed by atoms with Crippen LogP contribution in [0.3, 0.4) is 0 Å². The topological polar surface area (TPSA) is 47.6 Å². The number of carbonyl (C=O) groups is 1. The van der Waals surface area contributed by atoms with Crippen molar-refractivity contribution in [3.8, 4) is 11.5 Å². The first-order valence-corrected chi connectivity index (χ1v) is 7.74. The molecule has 0 saturated carbocycles. The summed E-state index contributed by atoms with van der Waals surface area (Å²) < 4.78 is 11.1. The molecule has 0 unspecified atom stereocenters. The van der Waals surface area contributed by atoms with Crippen LogP contribution in [-0.2, 0) is 6.42 Å². The molecule has 1 N–H and O–H groups in total. The molecule has 0 aromatic heterocycles. The van der Waals surface area contributed by atoms with Crippen molar-refractivity contribution in [1.82, 2.24) is 0 Å². The van der Waals surface area contributed by atoms with Crippen LogP contribution in [0.25, 0.3) is 0 Å². The third-order valence-corrected chi connectivity index (χ3v) is 4.05. The number of amides is 1. The lowest BCUT2D eigenvalue weighted by molar-refractivity contribution is 0.0847. The predicted molar refractivity (Wildman–Crippen MR) is 90.4 cm³/mol. The smallest absolute Gasteiger partial charge is 0.255 e. The van der Waals surface area contributed by atoms with Crippen molar-refractivity contribution in [2.24, 2.45) is 0 Å². The summed E-state index contributed by atoms with van der Waals surface area (Å²) in [5, 5.41) is 2.93. The predicted octanol–water partition coefficient (Wildman–Crippen LogP) is 4.05. The molecule has 1 amide bonds. The lowest BCUT2D eigenvalue weighted by Gasteiger charge is -2.32. The number of methoxy groups -OCH3 is 1. The number of aryl methyl sites for hydroxylation is 1. The highest BCUT2D eigenvalue weighted by Gasteiger charge is 2.26. The van der Waals surface area contributed by atoms with Crippen LogP contribution in [0.4, 0.5) is 5.69 Å². The summed E-state index contributed by atoms with van der Waals surface area (Å²) in [4.78, 5) is 12.3. The SMILES string of the molecule is COc1ccc(C(=O)Nc2ccc3c(c2)CCC(C)(C)O3)cc1. The van der Waals surface area contributed by atoms with Crippen LogP contribution in [0.15, 0.2) is 42.5 Å². The van der Waals surface area contributed by atoms with Gasteiger partial charge in [-0.15, -0.1) is 0 Å². The number of hydrogen-bond donors (Lipinski definition) is 1. The monoisotopic (exact) mass is 311 g/mol. The van der Waals surface area contributed by atoms with Gasteiger partial charge in [-0.2, -0.15) is 0 Å². The van der Waals surface area contributed by atoms with Gasteiger partial charge in [0.25, 0.3) is 5.91 Å². The molecule has 0 atom stereocenters. The summed E-state index contributed by atoms with van der Waals surface area (Å²) in [6.45, 7) is 4.19. The molecule has 4 heteroatoms. The minimum atomic E-state index is -0.135.